The molecule has 0 saturated carbocycles. The van der Waals surface area contributed by atoms with Crippen LogP contribution in [0.2, 0.25) is 5.02 Å². The van der Waals surface area contributed by atoms with E-state index in [0.29, 0.717) is 37.8 Å². The van der Waals surface area contributed by atoms with E-state index in [0.717, 1.165) is 0 Å². The number of benzene rings is 2. The third-order valence-corrected chi connectivity index (χ3v) is 5.90. The van der Waals surface area contributed by atoms with E-state index in [1.807, 2.05) is 6.07 Å². The molecule has 31 heavy (non-hydrogen) atoms. The Balaban J connectivity index is 1.80. The summed E-state index contributed by atoms with van der Waals surface area (Å²) in [5.41, 5.74) is 0.586. The van der Waals surface area contributed by atoms with E-state index in [1.54, 1.807) is 48.5 Å². The fourth-order valence-electron chi connectivity index (χ4n) is 3.26. The van der Waals surface area contributed by atoms with Crippen LogP contribution in [0.5, 0.6) is 0 Å². The lowest BCUT2D eigenvalue weighted by Gasteiger charge is -2.13. The van der Waals surface area contributed by atoms with Gasteiger partial charge in [-0.2, -0.15) is 5.26 Å². The molecule has 0 spiro atoms. The Morgan fingerprint density at radius 1 is 1.06 bits per heavy atom. The smallest absolute Gasteiger partial charge is 0.262 e. The molecule has 0 fully saturated rings. The number of nitrogens with zero attached hydrogens (tertiary/aromatic N) is 5. The number of nitriles is 1. The first kappa shape index (κ1) is 20.8. The number of hydrogen-bond donors (Lipinski definition) is 0. The van der Waals surface area contributed by atoms with Crippen LogP contribution in [0, 0.1) is 11.3 Å². The van der Waals surface area contributed by atoms with Crippen molar-refractivity contribution in [3.63, 3.8) is 0 Å². The van der Waals surface area contributed by atoms with Gasteiger partial charge >= 0.3 is 0 Å². The van der Waals surface area contributed by atoms with Crippen LogP contribution in [0.1, 0.15) is 5.82 Å². The van der Waals surface area contributed by atoms with Crippen LogP contribution in [-0.4, -0.2) is 19.1 Å². The van der Waals surface area contributed by atoms with Gasteiger partial charge in [0.15, 0.2) is 5.16 Å². The van der Waals surface area contributed by atoms with E-state index in [-0.39, 0.29) is 30.0 Å². The normalized spacial score (nSPS) is 11.0. The van der Waals surface area contributed by atoms with Crippen molar-refractivity contribution < 1.29 is 0 Å². The maximum Gasteiger partial charge on any atom is 0.262 e. The van der Waals surface area contributed by atoms with Crippen LogP contribution in [-0.2, 0) is 18.8 Å². The first-order valence-corrected chi connectivity index (χ1v) is 10.7. The summed E-state index contributed by atoms with van der Waals surface area (Å²) in [7, 11) is 0. The van der Waals surface area contributed by atoms with Crippen LogP contribution >= 0.6 is 23.4 Å². The molecular weight excluding hydrogens is 434 g/mol. The van der Waals surface area contributed by atoms with Gasteiger partial charge in [0.05, 0.1) is 33.6 Å². The van der Waals surface area contributed by atoms with Crippen molar-refractivity contribution in [3.05, 3.63) is 86.7 Å². The second kappa shape index (κ2) is 8.76. The van der Waals surface area contributed by atoms with E-state index in [9.17, 15) is 14.9 Å². The molecule has 0 bridgehead atoms. The molecule has 0 aliphatic heterocycles. The highest BCUT2D eigenvalue weighted by Crippen LogP contribution is 2.23. The Labute approximate surface area is 186 Å². The SMILES string of the molecule is C=CCn1c(SCc2nc3ccccc3c(=O)n2CC#N)nc2ccc(Cl)cc2c1=O. The van der Waals surface area contributed by atoms with Gasteiger partial charge in [-0.25, -0.2) is 9.97 Å². The summed E-state index contributed by atoms with van der Waals surface area (Å²) in [6, 6.07) is 14.0. The standard InChI is InChI=1S/C22H16ClN5O2S/c1-2-10-28-21(30)16-12-14(23)7-8-18(16)26-22(28)31-13-19-25-17-6-4-3-5-15(17)20(29)27(19)11-9-24/h2-8,12H,1,10-11,13H2. The van der Waals surface area contributed by atoms with E-state index in [2.05, 4.69) is 16.5 Å². The number of para-hydroxylation sites is 1. The first-order valence-electron chi connectivity index (χ1n) is 9.32. The molecular formula is C22H16ClN5O2S. The molecule has 0 atom stereocenters. The molecule has 0 aliphatic carbocycles. The summed E-state index contributed by atoms with van der Waals surface area (Å²) in [6.45, 7) is 3.88. The Kier molecular flexibility index (Phi) is 5.89. The van der Waals surface area contributed by atoms with E-state index >= 15 is 0 Å². The summed E-state index contributed by atoms with van der Waals surface area (Å²) in [5, 5.41) is 11.0. The second-order valence-corrected chi connectivity index (χ2v) is 8.02. The largest absolute Gasteiger partial charge is 0.283 e. The molecule has 0 N–H and O–H groups in total. The lowest BCUT2D eigenvalue weighted by atomic mass is 10.2. The fraction of sp³-hybridized carbons (Fsp3) is 0.136. The lowest BCUT2D eigenvalue weighted by molar-refractivity contribution is 0.669. The highest BCUT2D eigenvalue weighted by atomic mass is 35.5. The molecule has 7 nitrogen and oxygen atoms in total. The molecule has 0 aliphatic rings. The molecule has 0 saturated heterocycles. The number of hydrogen-bond acceptors (Lipinski definition) is 6. The molecule has 0 unspecified atom stereocenters. The van der Waals surface area contributed by atoms with Crippen molar-refractivity contribution in [1.29, 1.82) is 5.26 Å². The monoisotopic (exact) mass is 449 g/mol. The third-order valence-electron chi connectivity index (χ3n) is 4.69. The van der Waals surface area contributed by atoms with Gasteiger partial charge < -0.3 is 0 Å². The number of rotatable bonds is 6. The van der Waals surface area contributed by atoms with Crippen molar-refractivity contribution >= 4 is 45.2 Å². The van der Waals surface area contributed by atoms with Gasteiger partial charge in [-0.3, -0.25) is 18.7 Å². The van der Waals surface area contributed by atoms with Crippen molar-refractivity contribution in [1.82, 2.24) is 19.1 Å². The predicted molar refractivity (Wildman–Crippen MR) is 122 cm³/mol. The Hall–Kier alpha value is -3.41. The summed E-state index contributed by atoms with van der Waals surface area (Å²) in [6.07, 6.45) is 1.61. The van der Waals surface area contributed by atoms with Gasteiger partial charge in [-0.15, -0.1) is 6.58 Å². The minimum absolute atomic E-state index is 0.115. The Morgan fingerprint density at radius 2 is 1.81 bits per heavy atom. The topological polar surface area (TPSA) is 93.6 Å². The maximum absolute atomic E-state index is 13.0. The molecule has 0 radical (unpaired) electrons. The molecule has 9 heteroatoms. The Bertz CT molecular complexity index is 1490. The first-order chi connectivity index (χ1) is 15.0. The molecule has 154 valence electrons. The van der Waals surface area contributed by atoms with Gasteiger partial charge in [-0.1, -0.05) is 41.6 Å². The summed E-state index contributed by atoms with van der Waals surface area (Å²) in [4.78, 5) is 35.0. The van der Waals surface area contributed by atoms with Gasteiger partial charge in [-0.05, 0) is 30.3 Å². The Morgan fingerprint density at radius 3 is 2.58 bits per heavy atom. The molecule has 0 amide bonds. The van der Waals surface area contributed by atoms with Crippen molar-refractivity contribution in [2.45, 2.75) is 24.0 Å². The average molecular weight is 450 g/mol. The number of aromatic nitrogens is 4. The highest BCUT2D eigenvalue weighted by Gasteiger charge is 2.15. The van der Waals surface area contributed by atoms with Gasteiger partial charge in [0.25, 0.3) is 11.1 Å². The predicted octanol–water partition coefficient (Wildman–Crippen LogP) is 3.76. The zero-order valence-corrected chi connectivity index (χ0v) is 17.9. The van der Waals surface area contributed by atoms with Crippen molar-refractivity contribution in [2.75, 3.05) is 0 Å². The third kappa shape index (κ3) is 3.98. The lowest BCUT2D eigenvalue weighted by Crippen LogP contribution is -2.25. The van der Waals surface area contributed by atoms with Crippen LogP contribution in [0.15, 0.2) is 69.9 Å². The van der Waals surface area contributed by atoms with Gasteiger partial charge in [0.1, 0.15) is 12.4 Å². The second-order valence-electron chi connectivity index (χ2n) is 6.64. The molecule has 2 heterocycles. The van der Waals surface area contributed by atoms with Crippen molar-refractivity contribution in [2.24, 2.45) is 0 Å². The van der Waals surface area contributed by atoms with Gasteiger partial charge in [0, 0.05) is 11.6 Å². The minimum Gasteiger partial charge on any atom is -0.283 e. The number of allylic oxidation sites excluding steroid dienone is 1. The highest BCUT2D eigenvalue weighted by molar-refractivity contribution is 7.98. The van der Waals surface area contributed by atoms with Crippen LogP contribution in [0.3, 0.4) is 0 Å². The molecule has 2 aromatic heterocycles. The number of halogens is 1. The van der Waals surface area contributed by atoms with Gasteiger partial charge in [0.2, 0.25) is 0 Å². The maximum atomic E-state index is 13.0. The van der Waals surface area contributed by atoms with Crippen molar-refractivity contribution in [3.8, 4) is 6.07 Å². The average Bonchev–Trinajstić information content (AvgIpc) is 2.77. The molecule has 2 aromatic carbocycles. The molecule has 4 rings (SSSR count). The van der Waals surface area contributed by atoms with Crippen LogP contribution in [0.25, 0.3) is 21.8 Å². The van der Waals surface area contributed by atoms with E-state index in [1.165, 1.54) is 20.9 Å². The number of thioether (sulfide) groups is 1. The minimum atomic E-state index is -0.271. The zero-order chi connectivity index (χ0) is 22.0. The summed E-state index contributed by atoms with van der Waals surface area (Å²) < 4.78 is 2.86. The summed E-state index contributed by atoms with van der Waals surface area (Å²) in [5.74, 6) is 0.690. The van der Waals surface area contributed by atoms with Crippen LogP contribution in [0.4, 0.5) is 0 Å². The molecule has 4 aromatic rings. The number of fused-ring (bicyclic) bond motifs is 2. The zero-order valence-electron chi connectivity index (χ0n) is 16.3. The van der Waals surface area contributed by atoms with E-state index < -0.39 is 0 Å². The summed E-state index contributed by atoms with van der Waals surface area (Å²) >= 11 is 7.31. The fourth-order valence-corrected chi connectivity index (χ4v) is 4.39. The van der Waals surface area contributed by atoms with E-state index in [4.69, 9.17) is 11.6 Å². The quantitative estimate of drug-likeness (QED) is 0.253. The van der Waals surface area contributed by atoms with Crippen LogP contribution < -0.4 is 11.1 Å².